The quantitative estimate of drug-likeness (QED) is 0.536. The predicted octanol–water partition coefficient (Wildman–Crippen LogP) is 1.78. The second kappa shape index (κ2) is 7.79. The molecule has 0 radical (unpaired) electrons. The molecule has 4 N–H and O–H groups in total. The molecule has 3 rings (SSSR count). The van der Waals surface area contributed by atoms with Gasteiger partial charge < -0.3 is 15.0 Å². The van der Waals surface area contributed by atoms with E-state index in [0.717, 1.165) is 0 Å². The van der Waals surface area contributed by atoms with Crippen molar-refractivity contribution in [2.24, 2.45) is 5.14 Å². The third-order valence-electron chi connectivity index (χ3n) is 4.02. The number of fused-ring (bicyclic) bond motifs is 1. The van der Waals surface area contributed by atoms with Gasteiger partial charge in [-0.25, -0.2) is 23.3 Å². The summed E-state index contributed by atoms with van der Waals surface area (Å²) in [6.45, 7) is 1.71. The van der Waals surface area contributed by atoms with Crippen LogP contribution in [0.15, 0.2) is 53.7 Å². The Kier molecular flexibility index (Phi) is 5.43. The number of hydrogen-bond acceptors (Lipinski definition) is 6. The van der Waals surface area contributed by atoms with E-state index in [0.29, 0.717) is 22.3 Å². The average molecular weight is 402 g/mol. The Hall–Kier alpha value is -3.24. The van der Waals surface area contributed by atoms with E-state index in [9.17, 15) is 18.0 Å². The van der Waals surface area contributed by atoms with Crippen LogP contribution in [0.5, 0.6) is 0 Å². The van der Waals surface area contributed by atoms with Crippen LogP contribution >= 0.6 is 0 Å². The van der Waals surface area contributed by atoms with Gasteiger partial charge in [-0.3, -0.25) is 4.79 Å². The van der Waals surface area contributed by atoms with Crippen molar-refractivity contribution in [1.82, 2.24) is 9.97 Å². The molecule has 1 aromatic heterocycles. The minimum Gasteiger partial charge on any atom is -0.449 e. The molecular formula is C18H18N4O5S. The number of primary sulfonamides is 1. The predicted molar refractivity (Wildman–Crippen MR) is 102 cm³/mol. The van der Waals surface area contributed by atoms with E-state index in [2.05, 4.69) is 15.3 Å². The molecule has 0 bridgehead atoms. The summed E-state index contributed by atoms with van der Waals surface area (Å²) in [5.74, 6) is -1.16. The van der Waals surface area contributed by atoms with E-state index in [1.54, 1.807) is 25.1 Å². The lowest BCUT2D eigenvalue weighted by molar-refractivity contribution is -0.124. The van der Waals surface area contributed by atoms with Crippen LogP contribution in [0.25, 0.3) is 11.0 Å². The number of nitrogens with one attached hydrogen (secondary N) is 2. The van der Waals surface area contributed by atoms with Crippen molar-refractivity contribution in [3.63, 3.8) is 0 Å². The number of imidazole rings is 1. The fourth-order valence-corrected chi connectivity index (χ4v) is 3.05. The molecule has 1 heterocycles. The Morgan fingerprint density at radius 2 is 1.93 bits per heavy atom. The fraction of sp³-hybridized carbons (Fsp3) is 0.167. The largest absolute Gasteiger partial charge is 0.449 e. The van der Waals surface area contributed by atoms with Gasteiger partial charge >= 0.3 is 5.97 Å². The zero-order valence-corrected chi connectivity index (χ0v) is 15.7. The number of esters is 1. The summed E-state index contributed by atoms with van der Waals surface area (Å²) in [5.41, 5.74) is 2.04. The summed E-state index contributed by atoms with van der Waals surface area (Å²) >= 11 is 0. The van der Waals surface area contributed by atoms with Crippen LogP contribution in [0.1, 0.15) is 23.7 Å². The summed E-state index contributed by atoms with van der Waals surface area (Å²) in [4.78, 5) is 31.7. The maximum atomic E-state index is 12.4. The van der Waals surface area contributed by atoms with Crippen molar-refractivity contribution in [3.8, 4) is 0 Å². The van der Waals surface area contributed by atoms with Gasteiger partial charge in [0.2, 0.25) is 10.0 Å². The van der Waals surface area contributed by atoms with E-state index in [-0.39, 0.29) is 11.3 Å². The lowest BCUT2D eigenvalue weighted by Crippen LogP contribution is -2.32. The number of amides is 1. The highest BCUT2D eigenvalue weighted by Crippen LogP contribution is 2.16. The minimum atomic E-state index is -3.82. The van der Waals surface area contributed by atoms with Crippen molar-refractivity contribution in [3.05, 3.63) is 54.4 Å². The molecule has 1 atom stereocenters. The van der Waals surface area contributed by atoms with Gasteiger partial charge in [0.05, 0.1) is 27.8 Å². The summed E-state index contributed by atoms with van der Waals surface area (Å²) in [5, 5.41) is 7.62. The van der Waals surface area contributed by atoms with Gasteiger partial charge in [0, 0.05) is 5.69 Å². The average Bonchev–Trinajstić information content (AvgIpc) is 3.13. The molecule has 0 spiro atoms. The molecule has 0 saturated carbocycles. The molecule has 9 nitrogen and oxygen atoms in total. The number of H-pyrrole nitrogens is 1. The lowest BCUT2D eigenvalue weighted by Gasteiger charge is -2.16. The van der Waals surface area contributed by atoms with E-state index >= 15 is 0 Å². The number of anilines is 1. The maximum Gasteiger partial charge on any atom is 0.338 e. The number of carbonyl (C=O) groups excluding carboxylic acids is 2. The third-order valence-corrected chi connectivity index (χ3v) is 4.95. The highest BCUT2D eigenvalue weighted by Gasteiger charge is 2.22. The van der Waals surface area contributed by atoms with Crippen LogP contribution in [0.3, 0.4) is 0 Å². The molecule has 28 heavy (non-hydrogen) atoms. The van der Waals surface area contributed by atoms with Gasteiger partial charge in [-0.15, -0.1) is 0 Å². The highest BCUT2D eigenvalue weighted by atomic mass is 32.2. The number of hydrogen-bond donors (Lipinski definition) is 3. The van der Waals surface area contributed by atoms with Gasteiger partial charge in [-0.05, 0) is 48.9 Å². The summed E-state index contributed by atoms with van der Waals surface area (Å²) < 4.78 is 27.9. The number of sulfonamides is 1. The van der Waals surface area contributed by atoms with Crippen molar-refractivity contribution >= 4 is 38.6 Å². The van der Waals surface area contributed by atoms with Crippen LogP contribution in [0, 0.1) is 0 Å². The molecular weight excluding hydrogens is 384 g/mol. The number of benzene rings is 2. The van der Waals surface area contributed by atoms with Gasteiger partial charge in [-0.1, -0.05) is 6.92 Å². The van der Waals surface area contributed by atoms with E-state index in [4.69, 9.17) is 9.88 Å². The smallest absolute Gasteiger partial charge is 0.338 e. The van der Waals surface area contributed by atoms with Crippen molar-refractivity contribution in [2.75, 3.05) is 5.32 Å². The van der Waals surface area contributed by atoms with Crippen molar-refractivity contribution in [1.29, 1.82) is 0 Å². The number of nitrogens with two attached hydrogens (primary N) is 1. The van der Waals surface area contributed by atoms with Gasteiger partial charge in [0.25, 0.3) is 5.91 Å². The van der Waals surface area contributed by atoms with Gasteiger partial charge in [0.15, 0.2) is 6.10 Å². The van der Waals surface area contributed by atoms with Crippen LogP contribution < -0.4 is 10.5 Å². The van der Waals surface area contributed by atoms with Crippen LogP contribution in [-0.2, 0) is 19.6 Å². The Morgan fingerprint density at radius 1 is 1.21 bits per heavy atom. The molecule has 1 unspecified atom stereocenters. The molecule has 0 aliphatic rings. The zero-order chi connectivity index (χ0) is 20.3. The number of aromatic nitrogens is 2. The first kappa shape index (κ1) is 19.5. The SMILES string of the molecule is CCC(OC(=O)c1ccc2nc[nH]c2c1)C(=O)Nc1ccc(S(N)(=O)=O)cc1. The Balaban J connectivity index is 1.68. The molecule has 10 heteroatoms. The number of carbonyl (C=O) groups is 2. The summed E-state index contributed by atoms with van der Waals surface area (Å²) in [6.07, 6.45) is 0.769. The van der Waals surface area contributed by atoms with E-state index in [1.165, 1.54) is 30.6 Å². The molecule has 0 aliphatic carbocycles. The zero-order valence-electron chi connectivity index (χ0n) is 14.9. The molecule has 146 valence electrons. The van der Waals surface area contributed by atoms with Crippen LogP contribution in [-0.4, -0.2) is 36.4 Å². The third kappa shape index (κ3) is 4.35. The Labute approximate surface area is 161 Å². The van der Waals surface area contributed by atoms with E-state index < -0.39 is 28.0 Å². The van der Waals surface area contributed by atoms with Crippen molar-refractivity contribution < 1.29 is 22.7 Å². The Morgan fingerprint density at radius 3 is 2.57 bits per heavy atom. The fourth-order valence-electron chi connectivity index (χ4n) is 2.53. The number of rotatable bonds is 6. The Bertz CT molecular complexity index is 1120. The van der Waals surface area contributed by atoms with E-state index in [1.807, 2.05) is 0 Å². The van der Waals surface area contributed by atoms with Gasteiger partial charge in [-0.2, -0.15) is 0 Å². The van der Waals surface area contributed by atoms with Crippen LogP contribution in [0.2, 0.25) is 0 Å². The molecule has 1 amide bonds. The topological polar surface area (TPSA) is 144 Å². The number of ether oxygens (including phenoxy) is 1. The normalized spacial score (nSPS) is 12.5. The molecule has 3 aromatic rings. The maximum absolute atomic E-state index is 12.4. The second-order valence-electron chi connectivity index (χ2n) is 6.00. The minimum absolute atomic E-state index is 0.0711. The molecule has 0 saturated heterocycles. The molecule has 0 fully saturated rings. The lowest BCUT2D eigenvalue weighted by atomic mass is 10.2. The first-order valence-electron chi connectivity index (χ1n) is 8.36. The van der Waals surface area contributed by atoms with Gasteiger partial charge in [0.1, 0.15) is 0 Å². The second-order valence-corrected chi connectivity index (χ2v) is 7.56. The van der Waals surface area contributed by atoms with Crippen LogP contribution in [0.4, 0.5) is 5.69 Å². The van der Waals surface area contributed by atoms with Crippen molar-refractivity contribution in [2.45, 2.75) is 24.3 Å². The first-order valence-corrected chi connectivity index (χ1v) is 9.90. The summed E-state index contributed by atoms with van der Waals surface area (Å²) in [7, 11) is -3.82. The summed E-state index contributed by atoms with van der Waals surface area (Å²) in [6, 6.07) is 10.2. The molecule has 0 aliphatic heterocycles. The number of nitrogens with zero attached hydrogens (tertiary/aromatic N) is 1. The standard InChI is InChI=1S/C18H18N4O5S/c1-2-16(17(23)22-12-4-6-13(7-5-12)28(19,25)26)27-18(24)11-3-8-14-15(9-11)21-10-20-14/h3-10,16H,2H2,1H3,(H,20,21)(H,22,23)(H2,19,25,26). The number of aromatic amines is 1. The highest BCUT2D eigenvalue weighted by molar-refractivity contribution is 7.89. The first-order chi connectivity index (χ1) is 13.3. The molecule has 2 aromatic carbocycles. The monoisotopic (exact) mass is 402 g/mol.